The van der Waals surface area contributed by atoms with Crippen LogP contribution in [0.15, 0.2) is 48.7 Å². The zero-order valence-electron chi connectivity index (χ0n) is 12.4. The molecule has 3 rings (SSSR count). The fourth-order valence-corrected chi connectivity index (χ4v) is 2.22. The number of amides is 1. The van der Waals surface area contributed by atoms with Crippen molar-refractivity contribution in [2.24, 2.45) is 0 Å². The van der Waals surface area contributed by atoms with Gasteiger partial charge in [0.1, 0.15) is 5.75 Å². The van der Waals surface area contributed by atoms with Gasteiger partial charge in [-0.25, -0.2) is 0 Å². The molecule has 0 fully saturated rings. The fraction of sp³-hybridized carbons (Fsp3) is 0.188. The number of hydrogen-bond acceptors (Lipinski definition) is 4. The predicted molar refractivity (Wildman–Crippen MR) is 86.4 cm³/mol. The van der Waals surface area contributed by atoms with E-state index in [1.807, 2.05) is 28.8 Å². The van der Waals surface area contributed by atoms with E-state index < -0.39 is 6.10 Å². The fourth-order valence-electron chi connectivity index (χ4n) is 2.09. The van der Waals surface area contributed by atoms with Crippen molar-refractivity contribution in [2.75, 3.05) is 0 Å². The molecule has 1 aromatic carbocycles. The summed E-state index contributed by atoms with van der Waals surface area (Å²) in [5.74, 6) is 1.02. The van der Waals surface area contributed by atoms with Crippen LogP contribution < -0.4 is 10.1 Å². The molecule has 0 radical (unpaired) electrons. The highest BCUT2D eigenvalue weighted by Crippen LogP contribution is 2.16. The van der Waals surface area contributed by atoms with E-state index >= 15 is 0 Å². The minimum Gasteiger partial charge on any atom is -0.481 e. The van der Waals surface area contributed by atoms with Crippen LogP contribution >= 0.6 is 11.6 Å². The minimum absolute atomic E-state index is 0.229. The van der Waals surface area contributed by atoms with E-state index in [9.17, 15) is 4.79 Å². The molecule has 3 aromatic rings. The van der Waals surface area contributed by atoms with Crippen molar-refractivity contribution >= 4 is 23.2 Å². The van der Waals surface area contributed by atoms with Crippen LogP contribution in [-0.4, -0.2) is 26.6 Å². The molecule has 23 heavy (non-hydrogen) atoms. The molecule has 118 valence electrons. The van der Waals surface area contributed by atoms with Crippen molar-refractivity contribution in [1.82, 2.24) is 19.9 Å². The molecule has 0 spiro atoms. The number of rotatable bonds is 5. The summed E-state index contributed by atoms with van der Waals surface area (Å²) in [5, 5.41) is 11.5. The number of ether oxygens (including phenoxy) is 1. The van der Waals surface area contributed by atoms with Gasteiger partial charge in [0.2, 0.25) is 0 Å². The van der Waals surface area contributed by atoms with Gasteiger partial charge in [-0.05, 0) is 43.3 Å². The largest absolute Gasteiger partial charge is 0.481 e. The normalized spacial score (nSPS) is 12.1. The zero-order chi connectivity index (χ0) is 16.2. The van der Waals surface area contributed by atoms with E-state index in [-0.39, 0.29) is 12.5 Å². The summed E-state index contributed by atoms with van der Waals surface area (Å²) in [5.41, 5.74) is 0.738. The van der Waals surface area contributed by atoms with Gasteiger partial charge in [0.05, 0.1) is 6.54 Å². The van der Waals surface area contributed by atoms with Crippen LogP contribution in [0.1, 0.15) is 12.7 Å². The van der Waals surface area contributed by atoms with Crippen molar-refractivity contribution in [3.8, 4) is 5.75 Å². The first-order valence-electron chi connectivity index (χ1n) is 7.12. The van der Waals surface area contributed by atoms with Crippen molar-refractivity contribution < 1.29 is 9.53 Å². The summed E-state index contributed by atoms with van der Waals surface area (Å²) in [6.45, 7) is 1.96. The Bertz CT molecular complexity index is 816. The van der Waals surface area contributed by atoms with Gasteiger partial charge in [-0.15, -0.1) is 10.2 Å². The van der Waals surface area contributed by atoms with Crippen LogP contribution in [0.2, 0.25) is 5.02 Å². The highest BCUT2D eigenvalue weighted by atomic mass is 35.5. The molecule has 7 heteroatoms. The Kier molecular flexibility index (Phi) is 4.43. The van der Waals surface area contributed by atoms with E-state index in [2.05, 4.69) is 15.5 Å². The maximum atomic E-state index is 12.1. The van der Waals surface area contributed by atoms with E-state index in [0.717, 1.165) is 5.65 Å². The second-order valence-corrected chi connectivity index (χ2v) is 5.41. The second kappa shape index (κ2) is 6.66. The number of benzene rings is 1. The maximum Gasteiger partial charge on any atom is 0.261 e. The molecule has 0 unspecified atom stereocenters. The van der Waals surface area contributed by atoms with Gasteiger partial charge in [-0.3, -0.25) is 9.20 Å². The third-order valence-electron chi connectivity index (χ3n) is 3.30. The van der Waals surface area contributed by atoms with Gasteiger partial charge < -0.3 is 10.1 Å². The molecule has 2 aromatic heterocycles. The molecule has 1 N–H and O–H groups in total. The standard InChI is InChI=1S/C16H15ClN4O2/c1-11(23-13-7-5-12(17)6-8-13)16(22)18-10-15-20-19-14-4-2-3-9-21(14)15/h2-9,11H,10H2,1H3,(H,18,22)/t11-/m1/s1. The topological polar surface area (TPSA) is 68.5 Å². The maximum absolute atomic E-state index is 12.1. The minimum atomic E-state index is -0.629. The summed E-state index contributed by atoms with van der Waals surface area (Å²) in [6.07, 6.45) is 1.22. The molecule has 6 nitrogen and oxygen atoms in total. The number of halogens is 1. The highest BCUT2D eigenvalue weighted by Gasteiger charge is 2.15. The molecule has 0 aliphatic heterocycles. The number of pyridine rings is 1. The van der Waals surface area contributed by atoms with Crippen molar-refractivity contribution in [3.05, 3.63) is 59.5 Å². The number of fused-ring (bicyclic) bond motifs is 1. The lowest BCUT2D eigenvalue weighted by atomic mass is 10.3. The summed E-state index contributed by atoms with van der Waals surface area (Å²) >= 11 is 5.82. The Hall–Kier alpha value is -2.60. The SMILES string of the molecule is C[C@@H](Oc1ccc(Cl)cc1)C(=O)NCc1nnc2ccccn12. The van der Waals surface area contributed by atoms with E-state index in [1.165, 1.54) is 0 Å². The first-order chi connectivity index (χ1) is 11.1. The third-order valence-corrected chi connectivity index (χ3v) is 3.55. The molecule has 2 heterocycles. The molecule has 0 saturated carbocycles. The lowest BCUT2D eigenvalue weighted by molar-refractivity contribution is -0.127. The van der Waals surface area contributed by atoms with Crippen molar-refractivity contribution in [2.45, 2.75) is 19.6 Å². The molecule has 0 bridgehead atoms. The summed E-state index contributed by atoms with van der Waals surface area (Å²) in [6, 6.07) is 12.5. The average molecular weight is 331 g/mol. The molecule has 0 aliphatic rings. The van der Waals surface area contributed by atoms with Crippen LogP contribution in [0.4, 0.5) is 0 Å². The van der Waals surface area contributed by atoms with Crippen LogP contribution in [0, 0.1) is 0 Å². The number of carbonyl (C=O) groups is 1. The Labute approximate surface area is 138 Å². The van der Waals surface area contributed by atoms with Gasteiger partial charge in [0, 0.05) is 11.2 Å². The number of hydrogen-bond donors (Lipinski definition) is 1. The molecular weight excluding hydrogens is 316 g/mol. The van der Waals surface area contributed by atoms with E-state index in [1.54, 1.807) is 31.2 Å². The molecule has 1 amide bonds. The van der Waals surface area contributed by atoms with E-state index in [4.69, 9.17) is 16.3 Å². The highest BCUT2D eigenvalue weighted by molar-refractivity contribution is 6.30. The van der Waals surface area contributed by atoms with Crippen molar-refractivity contribution in [3.63, 3.8) is 0 Å². The lowest BCUT2D eigenvalue weighted by Gasteiger charge is -2.14. The van der Waals surface area contributed by atoms with Crippen LogP contribution in [0.5, 0.6) is 5.75 Å². The van der Waals surface area contributed by atoms with Gasteiger partial charge in [0.25, 0.3) is 5.91 Å². The van der Waals surface area contributed by atoms with Crippen LogP contribution in [-0.2, 0) is 11.3 Å². The van der Waals surface area contributed by atoms with Crippen LogP contribution in [0.25, 0.3) is 5.65 Å². The number of aromatic nitrogens is 3. The van der Waals surface area contributed by atoms with Gasteiger partial charge >= 0.3 is 0 Å². The van der Waals surface area contributed by atoms with E-state index in [0.29, 0.717) is 16.6 Å². The predicted octanol–water partition coefficient (Wildman–Crippen LogP) is 2.47. The molecule has 1 atom stereocenters. The number of carbonyl (C=O) groups excluding carboxylic acids is 1. The van der Waals surface area contributed by atoms with Gasteiger partial charge in [0.15, 0.2) is 17.6 Å². The molecule has 0 aliphatic carbocycles. The van der Waals surface area contributed by atoms with Crippen molar-refractivity contribution in [1.29, 1.82) is 0 Å². The summed E-state index contributed by atoms with van der Waals surface area (Å²) in [7, 11) is 0. The average Bonchev–Trinajstić information content (AvgIpc) is 2.98. The first kappa shape index (κ1) is 15.3. The van der Waals surface area contributed by atoms with Crippen LogP contribution in [0.3, 0.4) is 0 Å². The Morgan fingerprint density at radius 2 is 2.04 bits per heavy atom. The Morgan fingerprint density at radius 1 is 1.26 bits per heavy atom. The monoisotopic (exact) mass is 330 g/mol. The first-order valence-corrected chi connectivity index (χ1v) is 7.50. The Morgan fingerprint density at radius 3 is 2.83 bits per heavy atom. The quantitative estimate of drug-likeness (QED) is 0.780. The smallest absolute Gasteiger partial charge is 0.261 e. The van der Waals surface area contributed by atoms with Gasteiger partial charge in [-0.1, -0.05) is 17.7 Å². The zero-order valence-corrected chi connectivity index (χ0v) is 13.2. The molecule has 0 saturated heterocycles. The number of nitrogens with zero attached hydrogens (tertiary/aromatic N) is 3. The van der Waals surface area contributed by atoms with Gasteiger partial charge in [-0.2, -0.15) is 0 Å². The summed E-state index contributed by atoms with van der Waals surface area (Å²) < 4.78 is 7.40. The molecular formula is C16H15ClN4O2. The third kappa shape index (κ3) is 3.60. The lowest BCUT2D eigenvalue weighted by Crippen LogP contribution is -2.36. The second-order valence-electron chi connectivity index (χ2n) is 4.98. The summed E-state index contributed by atoms with van der Waals surface area (Å²) in [4.78, 5) is 12.1. The Balaban J connectivity index is 1.59. The number of nitrogens with one attached hydrogen (secondary N) is 1.